The summed E-state index contributed by atoms with van der Waals surface area (Å²) in [6, 6.07) is 10.5. The Morgan fingerprint density at radius 2 is 1.89 bits per heavy atom. The van der Waals surface area contributed by atoms with Crippen LogP contribution in [0.2, 0.25) is 0 Å². The lowest BCUT2D eigenvalue weighted by molar-refractivity contribution is 0.196. The highest BCUT2D eigenvalue weighted by atomic mass is 15.1. The standard InChI is InChI=1S/C17H22N2/c1-17(2,3)14-9-10-19-15(11-14)12-18-16(19)13-7-5-4-6-8-13/h4-8,12,14H,9-11H2,1-3H3. The SMILES string of the molecule is CC(C)(C)C1CCn2c(cnc2-c2ccccc2)C1. The van der Waals surface area contributed by atoms with Gasteiger partial charge >= 0.3 is 0 Å². The van der Waals surface area contributed by atoms with Crippen molar-refractivity contribution in [1.82, 2.24) is 9.55 Å². The summed E-state index contributed by atoms with van der Waals surface area (Å²) in [5.41, 5.74) is 3.01. The molecule has 0 amide bonds. The van der Waals surface area contributed by atoms with Crippen LogP contribution in [0.15, 0.2) is 36.5 Å². The molecule has 19 heavy (non-hydrogen) atoms. The topological polar surface area (TPSA) is 17.8 Å². The molecule has 1 atom stereocenters. The molecular formula is C17H22N2. The van der Waals surface area contributed by atoms with E-state index in [0.717, 1.165) is 24.7 Å². The second-order valence-electron chi connectivity index (χ2n) is 6.65. The Kier molecular flexibility index (Phi) is 2.96. The highest BCUT2D eigenvalue weighted by Crippen LogP contribution is 2.36. The van der Waals surface area contributed by atoms with Crippen LogP contribution in [0.4, 0.5) is 0 Å². The van der Waals surface area contributed by atoms with Crippen LogP contribution < -0.4 is 0 Å². The lowest BCUT2D eigenvalue weighted by Gasteiger charge is -2.34. The van der Waals surface area contributed by atoms with E-state index in [-0.39, 0.29) is 0 Å². The summed E-state index contributed by atoms with van der Waals surface area (Å²) in [4.78, 5) is 4.65. The molecule has 1 aliphatic heterocycles. The minimum Gasteiger partial charge on any atom is -0.328 e. The fourth-order valence-electron chi connectivity index (χ4n) is 3.02. The Morgan fingerprint density at radius 3 is 2.58 bits per heavy atom. The average Bonchev–Trinajstić information content (AvgIpc) is 2.81. The Bertz CT molecular complexity index is 561. The van der Waals surface area contributed by atoms with Gasteiger partial charge in [0, 0.05) is 24.0 Å². The van der Waals surface area contributed by atoms with Crippen LogP contribution in [0.5, 0.6) is 0 Å². The highest BCUT2D eigenvalue weighted by molar-refractivity contribution is 5.56. The van der Waals surface area contributed by atoms with E-state index < -0.39 is 0 Å². The largest absolute Gasteiger partial charge is 0.328 e. The molecule has 2 nitrogen and oxygen atoms in total. The van der Waals surface area contributed by atoms with Crippen LogP contribution in [-0.2, 0) is 13.0 Å². The van der Waals surface area contributed by atoms with E-state index in [1.807, 2.05) is 0 Å². The van der Waals surface area contributed by atoms with E-state index in [9.17, 15) is 0 Å². The molecule has 0 saturated carbocycles. The van der Waals surface area contributed by atoms with E-state index in [0.29, 0.717) is 5.41 Å². The number of imidazole rings is 1. The van der Waals surface area contributed by atoms with Gasteiger partial charge < -0.3 is 4.57 Å². The van der Waals surface area contributed by atoms with Gasteiger partial charge in [-0.3, -0.25) is 0 Å². The minimum atomic E-state index is 0.391. The predicted octanol–water partition coefficient (Wildman–Crippen LogP) is 4.16. The average molecular weight is 254 g/mol. The maximum atomic E-state index is 4.65. The summed E-state index contributed by atoms with van der Waals surface area (Å²) in [5, 5.41) is 0. The van der Waals surface area contributed by atoms with E-state index in [1.165, 1.54) is 17.7 Å². The lowest BCUT2D eigenvalue weighted by atomic mass is 9.75. The summed E-state index contributed by atoms with van der Waals surface area (Å²) >= 11 is 0. The second kappa shape index (κ2) is 4.52. The van der Waals surface area contributed by atoms with Gasteiger partial charge in [0.25, 0.3) is 0 Å². The zero-order valence-electron chi connectivity index (χ0n) is 12.1. The zero-order chi connectivity index (χ0) is 13.5. The zero-order valence-corrected chi connectivity index (χ0v) is 12.1. The van der Waals surface area contributed by atoms with Gasteiger partial charge in [0.05, 0.1) is 0 Å². The molecule has 1 aromatic heterocycles. The van der Waals surface area contributed by atoms with Crippen LogP contribution >= 0.6 is 0 Å². The predicted molar refractivity (Wildman–Crippen MR) is 78.9 cm³/mol. The molecule has 0 aliphatic carbocycles. The summed E-state index contributed by atoms with van der Waals surface area (Å²) < 4.78 is 2.40. The quantitative estimate of drug-likeness (QED) is 0.747. The van der Waals surface area contributed by atoms with Crippen molar-refractivity contribution >= 4 is 0 Å². The number of hydrogen-bond donors (Lipinski definition) is 0. The third kappa shape index (κ3) is 2.32. The number of nitrogens with zero attached hydrogens (tertiary/aromatic N) is 2. The van der Waals surface area contributed by atoms with E-state index in [1.54, 1.807) is 0 Å². The van der Waals surface area contributed by atoms with Crippen molar-refractivity contribution in [2.45, 2.75) is 40.2 Å². The van der Waals surface area contributed by atoms with Gasteiger partial charge in [-0.25, -0.2) is 4.98 Å². The molecule has 2 heteroatoms. The second-order valence-corrected chi connectivity index (χ2v) is 6.65. The molecular weight excluding hydrogens is 232 g/mol. The molecule has 0 spiro atoms. The molecule has 1 aromatic carbocycles. The van der Waals surface area contributed by atoms with Crippen molar-refractivity contribution in [1.29, 1.82) is 0 Å². The number of hydrogen-bond acceptors (Lipinski definition) is 1. The number of fused-ring (bicyclic) bond motifs is 1. The summed E-state index contributed by atoms with van der Waals surface area (Å²) in [6.07, 6.45) is 4.48. The first-order chi connectivity index (χ1) is 9.05. The number of benzene rings is 1. The maximum Gasteiger partial charge on any atom is 0.140 e. The third-order valence-electron chi connectivity index (χ3n) is 4.35. The molecule has 0 N–H and O–H groups in total. The van der Waals surface area contributed by atoms with Gasteiger partial charge in [-0.2, -0.15) is 0 Å². The molecule has 2 aromatic rings. The molecule has 0 saturated heterocycles. The van der Waals surface area contributed by atoms with Gasteiger partial charge in [-0.15, -0.1) is 0 Å². The van der Waals surface area contributed by atoms with Crippen LogP contribution in [0.3, 0.4) is 0 Å². The van der Waals surface area contributed by atoms with E-state index in [4.69, 9.17) is 0 Å². The van der Waals surface area contributed by atoms with Gasteiger partial charge in [-0.05, 0) is 24.2 Å². The first-order valence-electron chi connectivity index (χ1n) is 7.15. The van der Waals surface area contributed by atoms with Crippen molar-refractivity contribution in [3.63, 3.8) is 0 Å². The monoisotopic (exact) mass is 254 g/mol. The third-order valence-corrected chi connectivity index (χ3v) is 4.35. The van der Waals surface area contributed by atoms with Crippen molar-refractivity contribution < 1.29 is 0 Å². The van der Waals surface area contributed by atoms with Crippen molar-refractivity contribution in [3.8, 4) is 11.4 Å². The van der Waals surface area contributed by atoms with Crippen molar-refractivity contribution in [3.05, 3.63) is 42.2 Å². The molecule has 100 valence electrons. The Morgan fingerprint density at radius 1 is 1.16 bits per heavy atom. The highest BCUT2D eigenvalue weighted by Gasteiger charge is 2.30. The van der Waals surface area contributed by atoms with Gasteiger partial charge in [0.15, 0.2) is 0 Å². The lowest BCUT2D eigenvalue weighted by Crippen LogP contribution is -2.29. The van der Waals surface area contributed by atoms with Crippen LogP contribution in [0.25, 0.3) is 11.4 Å². The molecule has 3 rings (SSSR count). The van der Waals surface area contributed by atoms with Crippen LogP contribution in [0, 0.1) is 11.3 Å². The van der Waals surface area contributed by atoms with Crippen molar-refractivity contribution in [2.24, 2.45) is 11.3 Å². The Labute approximate surface area is 115 Å². The summed E-state index contributed by atoms with van der Waals surface area (Å²) in [7, 11) is 0. The first kappa shape index (κ1) is 12.5. The van der Waals surface area contributed by atoms with Gasteiger partial charge in [-0.1, -0.05) is 51.1 Å². The molecule has 1 unspecified atom stereocenters. The fourth-order valence-corrected chi connectivity index (χ4v) is 3.02. The molecule has 0 bridgehead atoms. The van der Waals surface area contributed by atoms with E-state index in [2.05, 4.69) is 66.9 Å². The van der Waals surface area contributed by atoms with E-state index >= 15 is 0 Å². The fraction of sp³-hybridized carbons (Fsp3) is 0.471. The Hall–Kier alpha value is -1.57. The maximum absolute atomic E-state index is 4.65. The smallest absolute Gasteiger partial charge is 0.140 e. The molecule has 0 fully saturated rings. The minimum absolute atomic E-state index is 0.391. The molecule has 0 radical (unpaired) electrons. The number of rotatable bonds is 1. The molecule has 1 aliphatic rings. The van der Waals surface area contributed by atoms with Crippen LogP contribution in [0.1, 0.15) is 32.9 Å². The summed E-state index contributed by atoms with van der Waals surface area (Å²) in [5.74, 6) is 1.89. The first-order valence-corrected chi connectivity index (χ1v) is 7.15. The Balaban J connectivity index is 1.93. The number of aromatic nitrogens is 2. The summed E-state index contributed by atoms with van der Waals surface area (Å²) in [6.45, 7) is 8.15. The van der Waals surface area contributed by atoms with Crippen LogP contribution in [-0.4, -0.2) is 9.55 Å². The van der Waals surface area contributed by atoms with Gasteiger partial charge in [0.1, 0.15) is 5.82 Å². The molecule has 2 heterocycles. The van der Waals surface area contributed by atoms with Gasteiger partial charge in [0.2, 0.25) is 0 Å². The van der Waals surface area contributed by atoms with Crippen molar-refractivity contribution in [2.75, 3.05) is 0 Å². The normalized spacial score (nSPS) is 19.2.